The summed E-state index contributed by atoms with van der Waals surface area (Å²) < 4.78 is 16.5. The van der Waals surface area contributed by atoms with Gasteiger partial charge in [-0.3, -0.25) is 23.9 Å². The van der Waals surface area contributed by atoms with Gasteiger partial charge in [0.15, 0.2) is 11.6 Å². The number of Topliss-reactive ketones (excluding diaryl/α,β-unsaturated/α-hetero) is 3. The molecule has 1 saturated carbocycles. The summed E-state index contributed by atoms with van der Waals surface area (Å²) in [5.74, 6) is -1.11. The summed E-state index contributed by atoms with van der Waals surface area (Å²) in [4.78, 5) is 54.0. The van der Waals surface area contributed by atoms with E-state index < -0.39 is 11.9 Å². The Morgan fingerprint density at radius 1 is 1.07 bits per heavy atom. The quantitative estimate of drug-likeness (QED) is 0.354. The number of fused-ring (bicyclic) bond motifs is 8. The van der Waals surface area contributed by atoms with E-state index in [2.05, 4.69) is 5.10 Å². The molecule has 0 radical (unpaired) electrons. The molecule has 1 atom stereocenters. The SMILES string of the molecule is CC(=O)c1nn2c3ccc(cc13)C1(CC1)CC(=O)CCCCc1cc(Cl)c(F)c(c1)CC(=O)[C@@H]1CCCN1C(=O)C2. The van der Waals surface area contributed by atoms with E-state index in [0.717, 1.165) is 30.4 Å². The van der Waals surface area contributed by atoms with Gasteiger partial charge in [0, 0.05) is 43.5 Å². The largest absolute Gasteiger partial charge is 0.331 e. The van der Waals surface area contributed by atoms with Crippen molar-refractivity contribution in [3.05, 3.63) is 63.6 Å². The molecule has 7 rings (SSSR count). The third-order valence-corrected chi connectivity index (χ3v) is 9.29. The fraction of sp³-hybridized carbons (Fsp3) is 0.469. The number of hydrogen-bond donors (Lipinski definition) is 0. The molecule has 2 aromatic carbocycles. The maximum atomic E-state index is 15.0. The topological polar surface area (TPSA) is 89.3 Å². The maximum Gasteiger partial charge on any atom is 0.244 e. The third-order valence-electron chi connectivity index (χ3n) is 9.01. The van der Waals surface area contributed by atoms with Crippen LogP contribution in [0.15, 0.2) is 30.3 Å². The van der Waals surface area contributed by atoms with Crippen LogP contribution in [0.4, 0.5) is 4.39 Å². The predicted molar refractivity (Wildman–Crippen MR) is 153 cm³/mol. The average molecular weight is 578 g/mol. The first-order chi connectivity index (χ1) is 19.6. The Bertz CT molecular complexity index is 1590. The zero-order valence-electron chi connectivity index (χ0n) is 23.2. The number of carbonyl (C=O) groups is 4. The van der Waals surface area contributed by atoms with Gasteiger partial charge in [-0.2, -0.15) is 5.10 Å². The molecule has 9 heteroatoms. The number of ketones is 3. The lowest BCUT2D eigenvalue weighted by Gasteiger charge is -2.24. The normalized spacial score (nSPS) is 21.5. The number of aryl methyl sites for hydroxylation is 1. The number of aromatic nitrogens is 2. The van der Waals surface area contributed by atoms with E-state index in [9.17, 15) is 23.6 Å². The van der Waals surface area contributed by atoms with E-state index >= 15 is 0 Å². The second-order valence-corrected chi connectivity index (χ2v) is 12.3. The Morgan fingerprint density at radius 2 is 1.85 bits per heavy atom. The predicted octanol–water partition coefficient (Wildman–Crippen LogP) is 5.55. The molecule has 1 aliphatic carbocycles. The van der Waals surface area contributed by atoms with Crippen molar-refractivity contribution in [2.45, 2.75) is 89.1 Å². The van der Waals surface area contributed by atoms with Gasteiger partial charge in [0.1, 0.15) is 23.8 Å². The van der Waals surface area contributed by atoms with Crippen LogP contribution in [0, 0.1) is 5.82 Å². The molecule has 1 spiro atoms. The van der Waals surface area contributed by atoms with Gasteiger partial charge in [-0.25, -0.2) is 4.39 Å². The second kappa shape index (κ2) is 10.8. The Balaban J connectivity index is 1.37. The zero-order valence-corrected chi connectivity index (χ0v) is 23.9. The maximum absolute atomic E-state index is 15.0. The molecule has 2 fully saturated rings. The average Bonchev–Trinajstić information content (AvgIpc) is 3.37. The summed E-state index contributed by atoms with van der Waals surface area (Å²) in [5, 5.41) is 5.16. The van der Waals surface area contributed by atoms with Crippen LogP contribution in [0.3, 0.4) is 0 Å². The summed E-state index contributed by atoms with van der Waals surface area (Å²) in [5.41, 5.74) is 2.82. The van der Waals surface area contributed by atoms with Crippen LogP contribution in [0.25, 0.3) is 10.9 Å². The smallest absolute Gasteiger partial charge is 0.244 e. The summed E-state index contributed by atoms with van der Waals surface area (Å²) in [7, 11) is 0. The van der Waals surface area contributed by atoms with Crippen molar-refractivity contribution in [2.24, 2.45) is 0 Å². The molecule has 3 aromatic rings. The van der Waals surface area contributed by atoms with Crippen LogP contribution < -0.4 is 0 Å². The standard InChI is InChI=1S/C32H33ClFN3O4/c1-19(38)31-24-16-22-8-9-26(24)37(35-31)18-29(41)36-12-4-7-27(36)28(40)15-21-13-20(14-25(33)30(21)34)5-2-3-6-23(39)17-32(22)10-11-32/h8-9,13-14,16,27H,2-7,10-12,15,17-18H2,1H3/t27-/m0/s1. The van der Waals surface area contributed by atoms with Crippen molar-refractivity contribution < 1.29 is 23.6 Å². The van der Waals surface area contributed by atoms with Crippen LogP contribution >= 0.6 is 11.6 Å². The summed E-state index contributed by atoms with van der Waals surface area (Å²) in [6.07, 6.45) is 5.83. The van der Waals surface area contributed by atoms with E-state index in [-0.39, 0.29) is 52.2 Å². The van der Waals surface area contributed by atoms with E-state index in [1.165, 1.54) is 11.6 Å². The fourth-order valence-electron chi connectivity index (χ4n) is 6.63. The fourth-order valence-corrected chi connectivity index (χ4v) is 6.89. The monoisotopic (exact) mass is 577 g/mol. The number of carbonyl (C=O) groups excluding carboxylic acids is 4. The molecular formula is C32H33ClFN3O4. The zero-order chi connectivity index (χ0) is 28.9. The van der Waals surface area contributed by atoms with E-state index in [1.807, 2.05) is 18.2 Å². The Kier molecular flexibility index (Phi) is 7.30. The van der Waals surface area contributed by atoms with Gasteiger partial charge in [-0.15, -0.1) is 0 Å². The molecule has 4 heterocycles. The van der Waals surface area contributed by atoms with Crippen molar-refractivity contribution in [2.75, 3.05) is 6.54 Å². The molecule has 214 valence electrons. The van der Waals surface area contributed by atoms with Gasteiger partial charge < -0.3 is 4.90 Å². The lowest BCUT2D eigenvalue weighted by molar-refractivity contribution is -0.138. The Labute approximate surface area is 243 Å². The summed E-state index contributed by atoms with van der Waals surface area (Å²) in [6, 6.07) is 8.48. The molecule has 6 bridgehead atoms. The number of amides is 1. The van der Waals surface area contributed by atoms with Crippen LogP contribution in [-0.2, 0) is 39.2 Å². The molecule has 1 amide bonds. The lowest BCUT2D eigenvalue weighted by atomic mass is 9.88. The molecule has 3 aliphatic heterocycles. The lowest BCUT2D eigenvalue weighted by Crippen LogP contribution is -2.43. The molecule has 1 saturated heterocycles. The number of halogens is 2. The number of nitrogens with zero attached hydrogens (tertiary/aromatic N) is 3. The molecule has 4 aliphatic rings. The van der Waals surface area contributed by atoms with Crippen molar-refractivity contribution in [1.82, 2.24) is 14.7 Å². The minimum atomic E-state index is -0.653. The van der Waals surface area contributed by atoms with Crippen LogP contribution in [0.5, 0.6) is 0 Å². The van der Waals surface area contributed by atoms with Gasteiger partial charge in [0.2, 0.25) is 5.91 Å². The first-order valence-corrected chi connectivity index (χ1v) is 14.9. The molecule has 1 aromatic heterocycles. The number of benzene rings is 2. The van der Waals surface area contributed by atoms with Crippen LogP contribution in [0.2, 0.25) is 5.02 Å². The molecule has 0 N–H and O–H groups in total. The highest BCUT2D eigenvalue weighted by molar-refractivity contribution is 6.30. The van der Waals surface area contributed by atoms with Crippen molar-refractivity contribution in [3.8, 4) is 0 Å². The van der Waals surface area contributed by atoms with E-state index in [0.29, 0.717) is 61.7 Å². The Morgan fingerprint density at radius 3 is 2.61 bits per heavy atom. The first-order valence-electron chi connectivity index (χ1n) is 14.5. The van der Waals surface area contributed by atoms with Gasteiger partial charge in [0.05, 0.1) is 16.6 Å². The minimum Gasteiger partial charge on any atom is -0.331 e. The van der Waals surface area contributed by atoms with Gasteiger partial charge in [-0.05, 0) is 79.8 Å². The summed E-state index contributed by atoms with van der Waals surface area (Å²) in [6.45, 7) is 1.76. The van der Waals surface area contributed by atoms with Gasteiger partial charge in [0.25, 0.3) is 0 Å². The minimum absolute atomic E-state index is 0.0247. The van der Waals surface area contributed by atoms with Crippen LogP contribution in [-0.4, -0.2) is 50.5 Å². The highest BCUT2D eigenvalue weighted by Crippen LogP contribution is 2.52. The number of hydrogen-bond acceptors (Lipinski definition) is 5. The second-order valence-electron chi connectivity index (χ2n) is 11.9. The van der Waals surface area contributed by atoms with Crippen molar-refractivity contribution >= 4 is 45.8 Å². The van der Waals surface area contributed by atoms with E-state index in [1.54, 1.807) is 17.0 Å². The summed E-state index contributed by atoms with van der Waals surface area (Å²) >= 11 is 6.20. The van der Waals surface area contributed by atoms with Gasteiger partial charge in [-0.1, -0.05) is 23.7 Å². The Hall–Kier alpha value is -3.39. The molecular weight excluding hydrogens is 545 g/mol. The van der Waals surface area contributed by atoms with Gasteiger partial charge >= 0.3 is 0 Å². The molecule has 7 nitrogen and oxygen atoms in total. The van der Waals surface area contributed by atoms with Crippen LogP contribution in [0.1, 0.15) is 85.5 Å². The number of rotatable bonds is 1. The first kappa shape index (κ1) is 27.8. The third kappa shape index (κ3) is 5.34. The highest BCUT2D eigenvalue weighted by Gasteiger charge is 2.45. The highest BCUT2D eigenvalue weighted by atomic mass is 35.5. The molecule has 41 heavy (non-hydrogen) atoms. The molecule has 0 unspecified atom stereocenters. The van der Waals surface area contributed by atoms with Crippen molar-refractivity contribution in [3.63, 3.8) is 0 Å². The van der Waals surface area contributed by atoms with E-state index in [4.69, 9.17) is 11.6 Å². The van der Waals surface area contributed by atoms with Crippen molar-refractivity contribution in [1.29, 1.82) is 0 Å².